The molecule has 2 heterocycles. The van der Waals surface area contributed by atoms with Crippen LogP contribution in [0.4, 0.5) is 17.6 Å². The van der Waals surface area contributed by atoms with E-state index in [4.69, 9.17) is 23.2 Å². The van der Waals surface area contributed by atoms with Crippen LogP contribution < -0.4 is 0 Å². The van der Waals surface area contributed by atoms with E-state index in [-0.39, 0.29) is 20.7 Å². The molecule has 14 heteroatoms. The average Bonchev–Trinajstić information content (AvgIpc) is 3.33. The van der Waals surface area contributed by atoms with Crippen molar-refractivity contribution in [3.05, 3.63) is 66.2 Å². The van der Waals surface area contributed by atoms with Gasteiger partial charge in [0.25, 0.3) is 0 Å². The molecule has 34 heavy (non-hydrogen) atoms. The first kappa shape index (κ1) is 26.8. The molecule has 0 amide bonds. The summed E-state index contributed by atoms with van der Waals surface area (Å²) in [7, 11) is -4.36. The number of halogens is 8. The highest BCUT2D eigenvalue weighted by molar-refractivity contribution is 9.10. The van der Waals surface area contributed by atoms with Gasteiger partial charge in [-0.2, -0.15) is 17.6 Å². The van der Waals surface area contributed by atoms with Gasteiger partial charge in [0.2, 0.25) is 0 Å². The Balaban J connectivity index is 1.57. The average molecular weight is 701 g/mol. The summed E-state index contributed by atoms with van der Waals surface area (Å²) in [6.45, 7) is 0. The Morgan fingerprint density at radius 1 is 0.765 bits per heavy atom. The Hall–Kier alpha value is -0.230. The third kappa shape index (κ3) is 5.53. The van der Waals surface area contributed by atoms with Gasteiger partial charge in [-0.25, -0.2) is 9.05 Å². The van der Waals surface area contributed by atoms with Crippen molar-refractivity contribution >= 4 is 106 Å². The summed E-state index contributed by atoms with van der Waals surface area (Å²) in [6.07, 6.45) is -8.35. The fourth-order valence-electron chi connectivity index (χ4n) is 3.15. The monoisotopic (exact) mass is 698 g/mol. The lowest BCUT2D eigenvalue weighted by Gasteiger charge is -2.22. The molecule has 0 saturated heterocycles. The summed E-state index contributed by atoms with van der Waals surface area (Å²) < 4.78 is 81.1. The van der Waals surface area contributed by atoms with Crippen molar-refractivity contribution in [2.45, 2.75) is 24.0 Å². The van der Waals surface area contributed by atoms with Gasteiger partial charge in [-0.05, 0) is 47.2 Å². The zero-order chi connectivity index (χ0) is 24.8. The molecule has 4 rings (SSSR count). The number of hydrogen-bond donors (Lipinski definition) is 0. The first-order chi connectivity index (χ1) is 15.9. The second-order valence-corrected chi connectivity index (χ2v) is 12.4. The number of benzene rings is 2. The van der Waals surface area contributed by atoms with Crippen molar-refractivity contribution in [2.24, 2.45) is 0 Å². The summed E-state index contributed by atoms with van der Waals surface area (Å²) in [5.41, 5.74) is -1.36. The zero-order valence-electron chi connectivity index (χ0n) is 16.4. The molecule has 0 aliphatic heterocycles. The molecule has 2 aromatic carbocycles. The predicted octanol–water partition coefficient (Wildman–Crippen LogP) is 10.3. The smallest absolute Gasteiger partial charge is 0.263 e. The molecule has 0 spiro atoms. The maximum Gasteiger partial charge on any atom is 0.390 e. The van der Waals surface area contributed by atoms with E-state index in [2.05, 4.69) is 40.9 Å². The third-order valence-electron chi connectivity index (χ3n) is 4.63. The Morgan fingerprint density at radius 2 is 1.15 bits per heavy atom. The van der Waals surface area contributed by atoms with Crippen LogP contribution in [-0.4, -0.2) is 0 Å². The number of hydrogen-bond acceptors (Lipinski definition) is 5. The number of rotatable bonds is 8. The third-order valence-corrected chi connectivity index (χ3v) is 9.87. The minimum Gasteiger partial charge on any atom is -0.263 e. The van der Waals surface area contributed by atoms with Gasteiger partial charge in [0.15, 0.2) is 0 Å². The maximum absolute atomic E-state index is 14.8. The Labute approximate surface area is 226 Å². The molecule has 182 valence electrons. The summed E-state index contributed by atoms with van der Waals surface area (Å²) >= 11 is 20.3. The number of thiophene rings is 2. The van der Waals surface area contributed by atoms with Crippen molar-refractivity contribution in [1.82, 2.24) is 0 Å². The van der Waals surface area contributed by atoms with Gasteiger partial charge >= 0.3 is 20.5 Å². The lowest BCUT2D eigenvalue weighted by Crippen LogP contribution is -2.19. The minimum absolute atomic E-state index is 0.0460. The summed E-state index contributed by atoms with van der Waals surface area (Å²) in [6, 6.07) is 8.35. The van der Waals surface area contributed by atoms with E-state index in [1.165, 1.54) is 34.8 Å². The van der Waals surface area contributed by atoms with Crippen molar-refractivity contribution in [1.29, 1.82) is 0 Å². The van der Waals surface area contributed by atoms with Crippen LogP contribution in [0.2, 0.25) is 0 Å². The summed E-state index contributed by atoms with van der Waals surface area (Å²) in [4.78, 5) is 1.51. The minimum atomic E-state index is -4.36. The predicted molar refractivity (Wildman–Crippen MR) is 137 cm³/mol. The molecule has 3 nitrogen and oxygen atoms in total. The quantitative estimate of drug-likeness (QED) is 0.104. The molecular formula is C20H11Br2Cl2F4O3PS2. The molecule has 0 bridgehead atoms. The largest absolute Gasteiger partial charge is 0.390 e. The molecule has 0 aliphatic rings. The van der Waals surface area contributed by atoms with Gasteiger partial charge in [0, 0.05) is 28.1 Å². The molecule has 0 N–H and O–H groups in total. The molecule has 0 saturated carbocycles. The molecule has 2 aromatic heterocycles. The van der Waals surface area contributed by atoms with Crippen LogP contribution in [-0.2, 0) is 37.6 Å². The maximum atomic E-state index is 14.8. The lowest BCUT2D eigenvalue weighted by molar-refractivity contribution is -0.220. The zero-order valence-corrected chi connectivity index (χ0v) is 23.8. The van der Waals surface area contributed by atoms with Crippen molar-refractivity contribution in [3.63, 3.8) is 0 Å². The first-order valence-corrected chi connectivity index (χ1v) is 14.7. The van der Waals surface area contributed by atoms with E-state index in [0.29, 0.717) is 20.2 Å². The first-order valence-electron chi connectivity index (χ1n) is 9.18. The molecule has 0 radical (unpaired) electrons. The van der Waals surface area contributed by atoms with E-state index in [1.807, 2.05) is 0 Å². The van der Waals surface area contributed by atoms with Gasteiger partial charge in [0.05, 0.1) is 22.9 Å². The molecule has 0 unspecified atom stereocenters. The Kier molecular flexibility index (Phi) is 8.10. The highest BCUT2D eigenvalue weighted by Gasteiger charge is 2.43. The number of fused-ring (bicyclic) bond motifs is 2. The van der Waals surface area contributed by atoms with Crippen LogP contribution in [0.3, 0.4) is 0 Å². The van der Waals surface area contributed by atoms with E-state index in [1.54, 1.807) is 12.1 Å². The van der Waals surface area contributed by atoms with Crippen LogP contribution in [0.1, 0.15) is 20.9 Å². The summed E-state index contributed by atoms with van der Waals surface area (Å²) in [5.74, 6) is 0.408. The highest BCUT2D eigenvalue weighted by atomic mass is 79.9. The van der Waals surface area contributed by atoms with Gasteiger partial charge < -0.3 is 0 Å². The second-order valence-electron chi connectivity index (χ2n) is 6.92. The fraction of sp³-hybridized carbons (Fsp3) is 0.200. The van der Waals surface area contributed by atoms with Crippen molar-refractivity contribution in [2.75, 3.05) is 0 Å². The Morgan fingerprint density at radius 3 is 1.50 bits per heavy atom. The van der Waals surface area contributed by atoms with E-state index >= 15 is 0 Å². The van der Waals surface area contributed by atoms with Gasteiger partial charge in [-0.15, -0.1) is 45.9 Å². The molecular weight excluding hydrogens is 690 g/mol. The topological polar surface area (TPSA) is 35.5 Å². The Bertz CT molecular complexity index is 1310. The van der Waals surface area contributed by atoms with Crippen LogP contribution in [0.15, 0.2) is 45.3 Å². The van der Waals surface area contributed by atoms with E-state index in [0.717, 1.165) is 21.9 Å². The van der Waals surface area contributed by atoms with Crippen LogP contribution in [0, 0.1) is 0 Å². The molecule has 0 aliphatic carbocycles. The standard InChI is InChI=1S/C20H11Br2Cl2F4O3PS2/c21-15-5-17-9(1-11(7-23)33-17)3-13(15)19(25,26)30-32(29)31-20(27,28)14-4-10-2-12(8-24)34-18(10)6-16(14)22/h1-6,32H,7-8H2. The highest BCUT2D eigenvalue weighted by Crippen LogP contribution is 2.50. The van der Waals surface area contributed by atoms with Crippen molar-refractivity contribution in [3.8, 4) is 0 Å². The van der Waals surface area contributed by atoms with Gasteiger partial charge in [-0.3, -0.25) is 4.57 Å². The van der Waals surface area contributed by atoms with Crippen LogP contribution in [0.25, 0.3) is 20.2 Å². The van der Waals surface area contributed by atoms with E-state index < -0.39 is 31.6 Å². The fourth-order valence-corrected chi connectivity index (χ4v) is 7.64. The SMILES string of the molecule is O=[PH](OC(F)(F)c1cc2cc(CCl)sc2cc1Br)OC(F)(F)c1cc2cc(CCl)sc2cc1Br. The van der Waals surface area contributed by atoms with E-state index in [9.17, 15) is 22.1 Å². The lowest BCUT2D eigenvalue weighted by atomic mass is 10.1. The second kappa shape index (κ2) is 10.3. The number of alkyl halides is 6. The van der Waals surface area contributed by atoms with Crippen LogP contribution in [0.5, 0.6) is 0 Å². The summed E-state index contributed by atoms with van der Waals surface area (Å²) in [5, 5.41) is 0.912. The molecule has 4 aromatic rings. The van der Waals surface area contributed by atoms with Gasteiger partial charge in [0.1, 0.15) is 0 Å². The van der Waals surface area contributed by atoms with Crippen molar-refractivity contribution < 1.29 is 31.2 Å². The van der Waals surface area contributed by atoms with Crippen LogP contribution >= 0.6 is 86.0 Å². The molecule has 0 atom stereocenters. The molecule has 0 fully saturated rings. The normalized spacial score (nSPS) is 13.0. The van der Waals surface area contributed by atoms with Gasteiger partial charge in [-0.1, -0.05) is 31.9 Å².